The molecule has 1 rings (SSSR count). The Balaban J connectivity index is 2.85. The van der Waals surface area contributed by atoms with Crippen molar-refractivity contribution in [3.05, 3.63) is 30.3 Å². The van der Waals surface area contributed by atoms with Crippen LogP contribution in [0.3, 0.4) is 0 Å². The van der Waals surface area contributed by atoms with Gasteiger partial charge in [-0.3, -0.25) is 4.11 Å². The van der Waals surface area contributed by atoms with Gasteiger partial charge in [-0.05, 0) is 5.19 Å². The third kappa shape index (κ3) is 1.80. The quantitative estimate of drug-likeness (QED) is 0.430. The van der Waals surface area contributed by atoms with Crippen LogP contribution in [0.2, 0.25) is 0 Å². The molecule has 0 bridgehead atoms. The van der Waals surface area contributed by atoms with Gasteiger partial charge in [0.15, 0.2) is 0 Å². The molecule has 1 aromatic rings. The Bertz CT molecular complexity index is 176. The summed E-state index contributed by atoms with van der Waals surface area (Å²) in [5.41, 5.74) is 0. The number of hydrogen-bond donors (Lipinski definition) is 0. The van der Waals surface area contributed by atoms with Crippen molar-refractivity contribution in [1.82, 2.24) is 0 Å². The molecule has 0 nitrogen and oxygen atoms in total. The maximum atomic E-state index is 12.3. The van der Waals surface area contributed by atoms with Crippen LogP contribution in [0.4, 0.5) is 4.11 Å². The molecule has 0 saturated heterocycles. The van der Waals surface area contributed by atoms with E-state index in [1.807, 2.05) is 6.07 Å². The fraction of sp³-hybridized carbons (Fsp3) is 0. The molecule has 48 valence electrons. The van der Waals surface area contributed by atoms with Gasteiger partial charge >= 0.3 is 8.44 Å². The third-order valence-corrected chi connectivity index (χ3v) is 2.70. The van der Waals surface area contributed by atoms with Crippen LogP contribution < -0.4 is 5.19 Å². The van der Waals surface area contributed by atoms with Gasteiger partial charge < -0.3 is 0 Å². The minimum atomic E-state index is -2.56. The summed E-state index contributed by atoms with van der Waals surface area (Å²) in [5.74, 6) is 0. The molecule has 0 heterocycles. The Hall–Kier alpha value is -0.343. The van der Waals surface area contributed by atoms with E-state index in [2.05, 4.69) is 0 Å². The van der Waals surface area contributed by atoms with E-state index in [0.717, 1.165) is 0 Å². The fourth-order valence-electron chi connectivity index (χ4n) is 0.599. The van der Waals surface area contributed by atoms with Crippen molar-refractivity contribution >= 4 is 24.7 Å². The van der Waals surface area contributed by atoms with Gasteiger partial charge in [-0.15, -0.1) is 11.1 Å². The summed E-state index contributed by atoms with van der Waals surface area (Å²) in [5, 5.41) is 0.652. The zero-order valence-electron chi connectivity index (χ0n) is 4.72. The number of hydrogen-bond acceptors (Lipinski definition) is 0. The number of benzene rings is 1. The molecule has 0 spiro atoms. The molecule has 0 fully saturated rings. The fourth-order valence-corrected chi connectivity index (χ4v) is 1.55. The molecule has 1 unspecified atom stereocenters. The van der Waals surface area contributed by atoms with Crippen molar-refractivity contribution in [2.45, 2.75) is 0 Å². The van der Waals surface area contributed by atoms with E-state index < -0.39 is 8.44 Å². The molecule has 0 aliphatic rings. The lowest BCUT2D eigenvalue weighted by atomic mass is 10.4. The highest BCUT2D eigenvalue weighted by Gasteiger charge is 2.05. The van der Waals surface area contributed by atoms with Crippen molar-refractivity contribution in [2.75, 3.05) is 0 Å². The van der Waals surface area contributed by atoms with Crippen molar-refractivity contribution < 1.29 is 4.11 Å². The van der Waals surface area contributed by atoms with Gasteiger partial charge in [0.1, 0.15) is 0 Å². The lowest BCUT2D eigenvalue weighted by Crippen LogP contribution is -2.17. The Kier molecular flexibility index (Phi) is 2.25. The minimum Gasteiger partial charge on any atom is -0.292 e. The van der Waals surface area contributed by atoms with Crippen LogP contribution in [-0.4, -0.2) is 8.44 Å². The highest BCUT2D eigenvalue weighted by atomic mass is 35.6. The molecule has 1 atom stereocenters. The zero-order chi connectivity index (χ0) is 6.69. The summed E-state index contributed by atoms with van der Waals surface area (Å²) in [4.78, 5) is 0. The van der Waals surface area contributed by atoms with Crippen LogP contribution in [0.1, 0.15) is 0 Å². The van der Waals surface area contributed by atoms with Crippen LogP contribution in [0.5, 0.6) is 0 Å². The van der Waals surface area contributed by atoms with Crippen molar-refractivity contribution in [2.24, 2.45) is 0 Å². The molecular weight excluding hydrogens is 155 g/mol. The maximum absolute atomic E-state index is 12.3. The monoisotopic (exact) mass is 160 g/mol. The van der Waals surface area contributed by atoms with Gasteiger partial charge in [0.05, 0.1) is 0 Å². The van der Waals surface area contributed by atoms with Gasteiger partial charge in [0.25, 0.3) is 0 Å². The SMILES string of the molecule is F[SiH](Cl)c1ccccc1. The average Bonchev–Trinajstić information content (AvgIpc) is 1.90. The first-order valence-electron chi connectivity index (χ1n) is 2.64. The number of halogens is 2. The average molecular weight is 161 g/mol. The van der Waals surface area contributed by atoms with Gasteiger partial charge in [-0.25, -0.2) is 0 Å². The highest BCUT2D eigenvalue weighted by molar-refractivity contribution is 7.10. The molecule has 0 saturated carbocycles. The molecule has 3 heteroatoms. The summed E-state index contributed by atoms with van der Waals surface area (Å²) in [7, 11) is -2.56. The van der Waals surface area contributed by atoms with Crippen LogP contribution in [-0.2, 0) is 0 Å². The molecular formula is C6H6ClFSi. The first kappa shape index (κ1) is 6.77. The van der Waals surface area contributed by atoms with E-state index in [1.165, 1.54) is 0 Å². The van der Waals surface area contributed by atoms with Gasteiger partial charge in [-0.1, -0.05) is 30.3 Å². The standard InChI is InChI=1S/C6H6ClFSi/c7-9(8)6-4-2-1-3-5-6/h1-5,9H. The van der Waals surface area contributed by atoms with Gasteiger partial charge in [0.2, 0.25) is 0 Å². The van der Waals surface area contributed by atoms with Crippen molar-refractivity contribution in [3.8, 4) is 0 Å². The molecule has 9 heavy (non-hydrogen) atoms. The summed E-state index contributed by atoms with van der Waals surface area (Å²) >= 11 is 5.28. The molecule has 0 aliphatic heterocycles. The molecule has 1 aromatic carbocycles. The maximum Gasteiger partial charge on any atom is 0.355 e. The normalized spacial score (nSPS) is 13.1. The second-order valence-electron chi connectivity index (χ2n) is 1.71. The van der Waals surface area contributed by atoms with E-state index in [1.54, 1.807) is 24.3 Å². The second-order valence-corrected chi connectivity index (χ2v) is 4.13. The van der Waals surface area contributed by atoms with Gasteiger partial charge in [-0.2, -0.15) is 0 Å². The molecule has 0 aromatic heterocycles. The first-order chi connectivity index (χ1) is 4.30. The molecule has 0 N–H and O–H groups in total. The van der Waals surface area contributed by atoms with E-state index in [4.69, 9.17) is 11.1 Å². The van der Waals surface area contributed by atoms with Crippen LogP contribution in [0.25, 0.3) is 0 Å². The highest BCUT2D eigenvalue weighted by Crippen LogP contribution is 1.92. The predicted molar refractivity (Wildman–Crippen MR) is 40.2 cm³/mol. The van der Waals surface area contributed by atoms with Crippen LogP contribution >= 0.6 is 11.1 Å². The van der Waals surface area contributed by atoms with Crippen LogP contribution in [0, 0.1) is 0 Å². The largest absolute Gasteiger partial charge is 0.355 e. The molecule has 0 amide bonds. The Morgan fingerprint density at radius 1 is 1.22 bits per heavy atom. The summed E-state index contributed by atoms with van der Waals surface area (Å²) in [6, 6.07) is 8.85. The Morgan fingerprint density at radius 2 is 1.78 bits per heavy atom. The lowest BCUT2D eigenvalue weighted by Gasteiger charge is -1.93. The predicted octanol–water partition coefficient (Wildman–Crippen LogP) is 1.32. The molecule has 0 radical (unpaired) electrons. The Morgan fingerprint density at radius 3 is 2.11 bits per heavy atom. The van der Waals surface area contributed by atoms with Crippen LogP contribution in [0.15, 0.2) is 30.3 Å². The van der Waals surface area contributed by atoms with Crippen molar-refractivity contribution in [3.63, 3.8) is 0 Å². The van der Waals surface area contributed by atoms with E-state index in [0.29, 0.717) is 5.19 Å². The first-order valence-corrected chi connectivity index (χ1v) is 5.40. The van der Waals surface area contributed by atoms with Gasteiger partial charge in [0, 0.05) is 0 Å². The smallest absolute Gasteiger partial charge is 0.292 e. The topological polar surface area (TPSA) is 0 Å². The van der Waals surface area contributed by atoms with E-state index in [-0.39, 0.29) is 0 Å². The Labute approximate surface area is 59.8 Å². The molecule has 0 aliphatic carbocycles. The van der Waals surface area contributed by atoms with Crippen molar-refractivity contribution in [1.29, 1.82) is 0 Å². The summed E-state index contributed by atoms with van der Waals surface area (Å²) in [6.45, 7) is 0. The summed E-state index contributed by atoms with van der Waals surface area (Å²) < 4.78 is 12.3. The van der Waals surface area contributed by atoms with E-state index >= 15 is 0 Å². The number of rotatable bonds is 1. The lowest BCUT2D eigenvalue weighted by molar-refractivity contribution is 0.875. The summed E-state index contributed by atoms with van der Waals surface area (Å²) in [6.07, 6.45) is 0. The van der Waals surface area contributed by atoms with E-state index in [9.17, 15) is 4.11 Å². The third-order valence-electron chi connectivity index (χ3n) is 1.05. The zero-order valence-corrected chi connectivity index (χ0v) is 6.63. The second kappa shape index (κ2) is 2.99. The minimum absolute atomic E-state index is 0.652.